The molecule has 0 aromatic heterocycles. The molecule has 2 atom stereocenters. The summed E-state index contributed by atoms with van der Waals surface area (Å²) in [7, 11) is 0. The average Bonchev–Trinajstić information content (AvgIpc) is 2.56. The molecule has 22 heavy (non-hydrogen) atoms. The first-order valence-electron chi connectivity index (χ1n) is 7.20. The van der Waals surface area contributed by atoms with E-state index in [1.54, 1.807) is 0 Å². The van der Waals surface area contributed by atoms with E-state index in [-0.39, 0.29) is 5.91 Å². The van der Waals surface area contributed by atoms with Crippen molar-refractivity contribution in [3.8, 4) is 0 Å². The Bertz CT molecular complexity index is 599. The van der Waals surface area contributed by atoms with Crippen LogP contribution in [0, 0.1) is 0 Å². The summed E-state index contributed by atoms with van der Waals surface area (Å²) in [5.74, 6) is -0.340. The third-order valence-electron chi connectivity index (χ3n) is 3.38. The minimum Gasteiger partial charge on any atom is -0.344 e. The Hall–Kier alpha value is -2.46. The van der Waals surface area contributed by atoms with Gasteiger partial charge in [0.1, 0.15) is 0 Å². The molecule has 3 N–H and O–H groups in total. The predicted octanol–water partition coefficient (Wildman–Crippen LogP) is 1.39. The van der Waals surface area contributed by atoms with Gasteiger partial charge in [0.05, 0.1) is 12.1 Å². The highest BCUT2D eigenvalue weighted by Gasteiger charge is 2.18. The minimum absolute atomic E-state index is 0.340. The number of carbonyl (C=O) groups is 1. The lowest BCUT2D eigenvalue weighted by Gasteiger charge is -2.16. The number of amides is 1. The number of nitrogens with two attached hydrogens (primary N) is 1. The molecule has 0 aliphatic rings. The van der Waals surface area contributed by atoms with Gasteiger partial charge in [-0.1, -0.05) is 60.7 Å². The highest BCUT2D eigenvalue weighted by Crippen LogP contribution is 2.04. The van der Waals surface area contributed by atoms with Gasteiger partial charge in [0, 0.05) is 6.42 Å². The van der Waals surface area contributed by atoms with Crippen LogP contribution in [0.3, 0.4) is 0 Å². The molecule has 1 unspecified atom stereocenters. The molecule has 0 spiro atoms. The molecule has 1 amide bonds. The SMILES string of the molecule is NC(Cc1ccccc1)C(=O)N[C@H]([C]=O)Cc1ccccc1. The Kier molecular flexibility index (Phi) is 5.86. The quantitative estimate of drug-likeness (QED) is 0.811. The average molecular weight is 295 g/mol. The molecule has 0 fully saturated rings. The summed E-state index contributed by atoms with van der Waals surface area (Å²) in [5.41, 5.74) is 7.86. The van der Waals surface area contributed by atoms with Crippen LogP contribution >= 0.6 is 0 Å². The van der Waals surface area contributed by atoms with Crippen LogP contribution in [0.4, 0.5) is 0 Å². The van der Waals surface area contributed by atoms with Gasteiger partial charge in [-0.2, -0.15) is 0 Å². The highest BCUT2D eigenvalue weighted by molar-refractivity contribution is 5.84. The van der Waals surface area contributed by atoms with Crippen molar-refractivity contribution in [3.05, 3.63) is 71.8 Å². The van der Waals surface area contributed by atoms with Crippen LogP contribution in [-0.4, -0.2) is 24.3 Å². The van der Waals surface area contributed by atoms with Crippen LogP contribution in [0.15, 0.2) is 60.7 Å². The molecule has 2 rings (SSSR count). The van der Waals surface area contributed by atoms with Gasteiger partial charge in [0.2, 0.25) is 12.2 Å². The predicted molar refractivity (Wildman–Crippen MR) is 85.9 cm³/mol. The van der Waals surface area contributed by atoms with E-state index in [9.17, 15) is 9.59 Å². The molecule has 113 valence electrons. The fraction of sp³-hybridized carbons (Fsp3) is 0.222. The maximum atomic E-state index is 12.1. The Morgan fingerprint density at radius 1 is 0.955 bits per heavy atom. The second kappa shape index (κ2) is 8.10. The van der Waals surface area contributed by atoms with Gasteiger partial charge in [-0.15, -0.1) is 0 Å². The molecular weight excluding hydrogens is 276 g/mol. The Balaban J connectivity index is 1.90. The van der Waals surface area contributed by atoms with Gasteiger partial charge >= 0.3 is 0 Å². The van der Waals surface area contributed by atoms with Gasteiger partial charge in [0.15, 0.2) is 0 Å². The third-order valence-corrected chi connectivity index (χ3v) is 3.38. The number of nitrogens with one attached hydrogen (secondary N) is 1. The molecule has 0 saturated carbocycles. The number of carbonyl (C=O) groups excluding carboxylic acids is 2. The van der Waals surface area contributed by atoms with E-state index in [0.29, 0.717) is 12.8 Å². The fourth-order valence-corrected chi connectivity index (χ4v) is 2.21. The largest absolute Gasteiger partial charge is 0.344 e. The fourth-order valence-electron chi connectivity index (χ4n) is 2.21. The van der Waals surface area contributed by atoms with Crippen molar-refractivity contribution >= 4 is 12.2 Å². The molecule has 4 heteroatoms. The van der Waals surface area contributed by atoms with Crippen molar-refractivity contribution < 1.29 is 9.59 Å². The van der Waals surface area contributed by atoms with E-state index >= 15 is 0 Å². The lowest BCUT2D eigenvalue weighted by Crippen LogP contribution is -2.47. The molecular formula is C18H19N2O2. The Morgan fingerprint density at radius 3 is 1.95 bits per heavy atom. The van der Waals surface area contributed by atoms with Gasteiger partial charge in [-0.3, -0.25) is 9.59 Å². The second-order valence-corrected chi connectivity index (χ2v) is 5.16. The summed E-state index contributed by atoms with van der Waals surface area (Å²) in [4.78, 5) is 23.1. The first-order valence-corrected chi connectivity index (χ1v) is 7.20. The summed E-state index contributed by atoms with van der Waals surface area (Å²) >= 11 is 0. The van der Waals surface area contributed by atoms with Crippen molar-refractivity contribution in [2.24, 2.45) is 5.73 Å². The zero-order valence-electron chi connectivity index (χ0n) is 12.2. The smallest absolute Gasteiger partial charge is 0.237 e. The maximum Gasteiger partial charge on any atom is 0.237 e. The lowest BCUT2D eigenvalue weighted by atomic mass is 10.0. The number of hydrogen-bond acceptors (Lipinski definition) is 3. The van der Waals surface area contributed by atoms with Gasteiger partial charge in [0.25, 0.3) is 0 Å². The normalized spacial score (nSPS) is 13.1. The first kappa shape index (κ1) is 15.9. The van der Waals surface area contributed by atoms with Gasteiger partial charge < -0.3 is 11.1 Å². The Morgan fingerprint density at radius 2 is 1.45 bits per heavy atom. The van der Waals surface area contributed by atoms with Crippen molar-refractivity contribution in [2.75, 3.05) is 0 Å². The standard InChI is InChI=1S/C18H19N2O2/c19-17(12-15-9-5-2-6-10-15)18(22)20-16(13-21)11-14-7-3-1-4-8-14/h1-10,16-17H,11-12,19H2,(H,20,22)/t16-,17?/m0/s1. The molecule has 4 nitrogen and oxygen atoms in total. The van der Waals surface area contributed by atoms with Crippen molar-refractivity contribution in [1.82, 2.24) is 5.32 Å². The van der Waals surface area contributed by atoms with Gasteiger partial charge in [-0.25, -0.2) is 0 Å². The molecule has 1 radical (unpaired) electrons. The van der Waals surface area contributed by atoms with Crippen LogP contribution in [0.2, 0.25) is 0 Å². The summed E-state index contributed by atoms with van der Waals surface area (Å²) < 4.78 is 0. The van der Waals surface area contributed by atoms with Crippen molar-refractivity contribution in [3.63, 3.8) is 0 Å². The third kappa shape index (κ3) is 4.82. The summed E-state index contributed by atoms with van der Waals surface area (Å²) in [6, 6.07) is 17.7. The molecule has 0 heterocycles. The second-order valence-electron chi connectivity index (χ2n) is 5.16. The topological polar surface area (TPSA) is 72.2 Å². The van der Waals surface area contributed by atoms with Crippen molar-refractivity contribution in [1.29, 1.82) is 0 Å². The summed E-state index contributed by atoms with van der Waals surface area (Å²) in [6.07, 6.45) is 2.71. The van der Waals surface area contributed by atoms with E-state index in [4.69, 9.17) is 5.73 Å². The molecule has 0 aliphatic heterocycles. The lowest BCUT2D eigenvalue weighted by molar-refractivity contribution is -0.122. The number of benzene rings is 2. The first-order chi connectivity index (χ1) is 10.7. The zero-order valence-corrected chi connectivity index (χ0v) is 12.2. The van der Waals surface area contributed by atoms with Crippen LogP contribution in [0.5, 0.6) is 0 Å². The van der Waals surface area contributed by atoms with Crippen LogP contribution in [0.1, 0.15) is 11.1 Å². The molecule has 0 bridgehead atoms. The number of rotatable bonds is 7. The molecule has 2 aromatic carbocycles. The summed E-state index contributed by atoms with van der Waals surface area (Å²) in [6.45, 7) is 0. The monoisotopic (exact) mass is 295 g/mol. The van der Waals surface area contributed by atoms with Crippen LogP contribution < -0.4 is 11.1 Å². The van der Waals surface area contributed by atoms with E-state index in [0.717, 1.165) is 11.1 Å². The van der Waals surface area contributed by atoms with Crippen molar-refractivity contribution in [2.45, 2.75) is 24.9 Å². The van der Waals surface area contributed by atoms with Gasteiger partial charge in [-0.05, 0) is 17.5 Å². The van der Waals surface area contributed by atoms with Crippen LogP contribution in [-0.2, 0) is 22.4 Å². The highest BCUT2D eigenvalue weighted by atomic mass is 16.2. The minimum atomic E-state index is -0.686. The summed E-state index contributed by atoms with van der Waals surface area (Å²) in [5, 5.41) is 2.65. The Labute approximate surface area is 130 Å². The molecule has 0 aliphatic carbocycles. The van der Waals surface area contributed by atoms with Crippen LogP contribution in [0.25, 0.3) is 0 Å². The maximum absolute atomic E-state index is 12.1. The van der Waals surface area contributed by atoms with E-state index in [1.807, 2.05) is 66.9 Å². The molecule has 2 aromatic rings. The molecule has 0 saturated heterocycles. The van der Waals surface area contributed by atoms with E-state index in [2.05, 4.69) is 5.32 Å². The van der Waals surface area contributed by atoms with E-state index in [1.165, 1.54) is 0 Å². The zero-order chi connectivity index (χ0) is 15.8. The van der Waals surface area contributed by atoms with E-state index < -0.39 is 12.1 Å². The number of hydrogen-bond donors (Lipinski definition) is 2.